The lowest BCUT2D eigenvalue weighted by atomic mass is 10.3. The SMILES string of the molecule is O=C(COCC(=O)N1CCN(c2ccccn2)CC1)NCc1ccccn1. The van der Waals surface area contributed by atoms with E-state index in [1.54, 1.807) is 17.3 Å². The van der Waals surface area contributed by atoms with Gasteiger partial charge in [0.05, 0.1) is 12.2 Å². The molecule has 0 saturated carbocycles. The Hall–Kier alpha value is -3.00. The van der Waals surface area contributed by atoms with Crippen LogP contribution in [0.4, 0.5) is 5.82 Å². The van der Waals surface area contributed by atoms with Crippen molar-refractivity contribution in [1.29, 1.82) is 0 Å². The van der Waals surface area contributed by atoms with Crippen LogP contribution >= 0.6 is 0 Å². The highest BCUT2D eigenvalue weighted by Crippen LogP contribution is 2.12. The third-order valence-corrected chi connectivity index (χ3v) is 4.26. The lowest BCUT2D eigenvalue weighted by molar-refractivity contribution is -0.138. The van der Waals surface area contributed by atoms with Crippen molar-refractivity contribution in [1.82, 2.24) is 20.2 Å². The summed E-state index contributed by atoms with van der Waals surface area (Å²) in [5, 5.41) is 2.71. The molecule has 1 aliphatic heterocycles. The highest BCUT2D eigenvalue weighted by molar-refractivity contribution is 5.79. The van der Waals surface area contributed by atoms with Gasteiger partial charge in [-0.05, 0) is 24.3 Å². The predicted octanol–water partition coefficient (Wildman–Crippen LogP) is 0.458. The fourth-order valence-corrected chi connectivity index (χ4v) is 2.79. The predicted molar refractivity (Wildman–Crippen MR) is 99.9 cm³/mol. The summed E-state index contributed by atoms with van der Waals surface area (Å²) in [6.07, 6.45) is 3.43. The molecule has 8 heteroatoms. The van der Waals surface area contributed by atoms with E-state index in [1.165, 1.54) is 0 Å². The van der Waals surface area contributed by atoms with Crippen LogP contribution in [0.2, 0.25) is 0 Å². The normalized spacial score (nSPS) is 14.1. The van der Waals surface area contributed by atoms with Crippen molar-refractivity contribution in [2.24, 2.45) is 0 Å². The average Bonchev–Trinajstić information content (AvgIpc) is 2.74. The summed E-state index contributed by atoms with van der Waals surface area (Å²) in [5.74, 6) is 0.548. The largest absolute Gasteiger partial charge is 0.362 e. The zero-order valence-corrected chi connectivity index (χ0v) is 15.1. The molecular weight excluding hydrogens is 346 g/mol. The van der Waals surface area contributed by atoms with Crippen molar-refractivity contribution >= 4 is 17.6 Å². The number of ether oxygens (including phenoxy) is 1. The summed E-state index contributed by atoms with van der Waals surface area (Å²) in [6.45, 7) is 2.79. The standard InChI is InChI=1S/C19H23N5O3/c25-18(22-13-16-5-1-3-7-20-16)14-27-15-19(26)24-11-9-23(10-12-24)17-6-2-4-8-21-17/h1-8H,9-15H2,(H,22,25). The van der Waals surface area contributed by atoms with E-state index in [0.29, 0.717) is 19.6 Å². The third-order valence-electron chi connectivity index (χ3n) is 4.26. The van der Waals surface area contributed by atoms with E-state index in [2.05, 4.69) is 20.2 Å². The lowest BCUT2D eigenvalue weighted by Gasteiger charge is -2.35. The maximum Gasteiger partial charge on any atom is 0.248 e. The van der Waals surface area contributed by atoms with Crippen LogP contribution in [0, 0.1) is 0 Å². The van der Waals surface area contributed by atoms with Crippen LogP contribution in [0.3, 0.4) is 0 Å². The summed E-state index contributed by atoms with van der Waals surface area (Å²) in [4.78, 5) is 36.4. The van der Waals surface area contributed by atoms with Gasteiger partial charge in [0.15, 0.2) is 0 Å². The number of nitrogens with one attached hydrogen (secondary N) is 1. The lowest BCUT2D eigenvalue weighted by Crippen LogP contribution is -2.50. The highest BCUT2D eigenvalue weighted by Gasteiger charge is 2.21. The van der Waals surface area contributed by atoms with Gasteiger partial charge in [0.2, 0.25) is 11.8 Å². The minimum atomic E-state index is -0.270. The molecule has 3 rings (SSSR count). The maximum atomic E-state index is 12.2. The van der Waals surface area contributed by atoms with Crippen molar-refractivity contribution in [2.75, 3.05) is 44.3 Å². The number of anilines is 1. The number of nitrogens with zero attached hydrogens (tertiary/aromatic N) is 4. The Balaban J connectivity index is 1.32. The van der Waals surface area contributed by atoms with Gasteiger partial charge in [-0.1, -0.05) is 12.1 Å². The molecule has 2 aromatic heterocycles. The van der Waals surface area contributed by atoms with E-state index in [0.717, 1.165) is 24.6 Å². The first-order valence-electron chi connectivity index (χ1n) is 8.90. The Morgan fingerprint density at radius 1 is 0.963 bits per heavy atom. The number of carbonyl (C=O) groups excluding carboxylic acids is 2. The van der Waals surface area contributed by atoms with Gasteiger partial charge in [0, 0.05) is 38.6 Å². The van der Waals surface area contributed by atoms with Crippen molar-refractivity contribution in [3.05, 3.63) is 54.5 Å². The minimum absolute atomic E-state index is 0.0966. The van der Waals surface area contributed by atoms with Gasteiger partial charge in [0.25, 0.3) is 0 Å². The molecular formula is C19H23N5O3. The molecule has 2 aromatic rings. The first kappa shape index (κ1) is 18.8. The molecule has 8 nitrogen and oxygen atoms in total. The Morgan fingerprint density at radius 3 is 2.37 bits per heavy atom. The molecule has 0 radical (unpaired) electrons. The molecule has 27 heavy (non-hydrogen) atoms. The van der Waals surface area contributed by atoms with Gasteiger partial charge in [-0.25, -0.2) is 4.98 Å². The summed E-state index contributed by atoms with van der Waals surface area (Å²) < 4.78 is 5.26. The minimum Gasteiger partial charge on any atom is -0.362 e. The van der Waals surface area contributed by atoms with Gasteiger partial charge >= 0.3 is 0 Å². The zero-order valence-electron chi connectivity index (χ0n) is 15.1. The van der Waals surface area contributed by atoms with Gasteiger partial charge in [-0.3, -0.25) is 14.6 Å². The monoisotopic (exact) mass is 369 g/mol. The van der Waals surface area contributed by atoms with Gasteiger partial charge < -0.3 is 19.9 Å². The molecule has 0 atom stereocenters. The fraction of sp³-hybridized carbons (Fsp3) is 0.368. The molecule has 0 aromatic carbocycles. The average molecular weight is 369 g/mol. The first-order chi connectivity index (χ1) is 13.2. The second kappa shape index (κ2) is 9.63. The topological polar surface area (TPSA) is 87.7 Å². The van der Waals surface area contributed by atoms with Crippen LogP contribution in [0.15, 0.2) is 48.8 Å². The van der Waals surface area contributed by atoms with Crippen LogP contribution in [-0.4, -0.2) is 66.1 Å². The van der Waals surface area contributed by atoms with Crippen LogP contribution in [-0.2, 0) is 20.9 Å². The van der Waals surface area contributed by atoms with Crippen LogP contribution in [0.25, 0.3) is 0 Å². The third kappa shape index (κ3) is 5.75. The van der Waals surface area contributed by atoms with Crippen LogP contribution in [0.1, 0.15) is 5.69 Å². The fourth-order valence-electron chi connectivity index (χ4n) is 2.79. The van der Waals surface area contributed by atoms with Gasteiger partial charge in [-0.2, -0.15) is 0 Å². The number of hydrogen-bond donors (Lipinski definition) is 1. The number of pyridine rings is 2. The Labute approximate surface area is 158 Å². The maximum absolute atomic E-state index is 12.2. The molecule has 2 amide bonds. The van der Waals surface area contributed by atoms with E-state index < -0.39 is 0 Å². The van der Waals surface area contributed by atoms with Crippen LogP contribution < -0.4 is 10.2 Å². The molecule has 1 saturated heterocycles. The second-order valence-corrected chi connectivity index (χ2v) is 6.15. The van der Waals surface area contributed by atoms with Gasteiger partial charge in [0.1, 0.15) is 19.0 Å². The van der Waals surface area contributed by atoms with E-state index in [1.807, 2.05) is 36.4 Å². The molecule has 0 bridgehead atoms. The Kier molecular flexibility index (Phi) is 6.70. The van der Waals surface area contributed by atoms with Crippen molar-refractivity contribution in [2.45, 2.75) is 6.54 Å². The number of hydrogen-bond acceptors (Lipinski definition) is 6. The number of amides is 2. The van der Waals surface area contributed by atoms with Gasteiger partial charge in [-0.15, -0.1) is 0 Å². The molecule has 1 N–H and O–H groups in total. The molecule has 1 fully saturated rings. The van der Waals surface area contributed by atoms with Crippen molar-refractivity contribution < 1.29 is 14.3 Å². The summed E-state index contributed by atoms with van der Waals surface area (Å²) in [6, 6.07) is 11.3. The number of piperazine rings is 1. The number of rotatable bonds is 7. The molecule has 3 heterocycles. The van der Waals surface area contributed by atoms with E-state index in [9.17, 15) is 9.59 Å². The zero-order chi connectivity index (χ0) is 18.9. The quantitative estimate of drug-likeness (QED) is 0.763. The van der Waals surface area contributed by atoms with Crippen molar-refractivity contribution in [3.63, 3.8) is 0 Å². The second-order valence-electron chi connectivity index (χ2n) is 6.15. The van der Waals surface area contributed by atoms with E-state index >= 15 is 0 Å². The molecule has 0 aliphatic carbocycles. The molecule has 0 unspecified atom stereocenters. The number of carbonyl (C=O) groups is 2. The highest BCUT2D eigenvalue weighted by atomic mass is 16.5. The van der Waals surface area contributed by atoms with E-state index in [4.69, 9.17) is 4.74 Å². The van der Waals surface area contributed by atoms with Crippen molar-refractivity contribution in [3.8, 4) is 0 Å². The number of aromatic nitrogens is 2. The molecule has 1 aliphatic rings. The Morgan fingerprint density at radius 2 is 1.70 bits per heavy atom. The van der Waals surface area contributed by atoms with Crippen LogP contribution in [0.5, 0.6) is 0 Å². The summed E-state index contributed by atoms with van der Waals surface area (Å²) >= 11 is 0. The summed E-state index contributed by atoms with van der Waals surface area (Å²) in [5.41, 5.74) is 0.771. The Bertz CT molecular complexity index is 734. The molecule has 142 valence electrons. The molecule has 0 spiro atoms. The van der Waals surface area contributed by atoms with E-state index in [-0.39, 0.29) is 25.0 Å². The first-order valence-corrected chi connectivity index (χ1v) is 8.90. The summed E-state index contributed by atoms with van der Waals surface area (Å²) in [7, 11) is 0. The smallest absolute Gasteiger partial charge is 0.248 e.